The van der Waals surface area contributed by atoms with Crippen LogP contribution in [0.2, 0.25) is 0 Å². The Bertz CT molecular complexity index is 243. The van der Waals surface area contributed by atoms with Gasteiger partial charge in [0.15, 0.2) is 5.96 Å². The van der Waals surface area contributed by atoms with Gasteiger partial charge in [0.2, 0.25) is 0 Å². The fourth-order valence-electron chi connectivity index (χ4n) is 2.77. The zero-order chi connectivity index (χ0) is 10.7. The Kier molecular flexibility index (Phi) is 3.17. The molecule has 86 valence electrons. The normalized spacial score (nSPS) is 24.4. The minimum absolute atomic E-state index is 0.670. The molecule has 1 aliphatic carbocycles. The summed E-state index contributed by atoms with van der Waals surface area (Å²) in [7, 11) is 1.89. The summed E-state index contributed by atoms with van der Waals surface area (Å²) in [6.45, 7) is 5.66. The molecule has 0 aromatic heterocycles. The lowest BCUT2D eigenvalue weighted by atomic mass is 9.68. The number of hydrogen-bond donors (Lipinski definition) is 1. The van der Waals surface area contributed by atoms with E-state index in [1.165, 1.54) is 38.8 Å². The molecule has 1 saturated carbocycles. The molecule has 1 N–H and O–H groups in total. The molecule has 15 heavy (non-hydrogen) atoms. The summed E-state index contributed by atoms with van der Waals surface area (Å²) in [6, 6.07) is 0. The standard InChI is InChI=1S/C12H23N3/c1-3-8-14-11(13-2)15-9-7-12(10-15)5-4-6-12/h3-10H2,1-2H3,(H,13,14). The summed E-state index contributed by atoms with van der Waals surface area (Å²) >= 11 is 0. The van der Waals surface area contributed by atoms with Crippen molar-refractivity contribution in [2.75, 3.05) is 26.7 Å². The van der Waals surface area contributed by atoms with E-state index >= 15 is 0 Å². The van der Waals surface area contributed by atoms with Gasteiger partial charge < -0.3 is 10.2 Å². The Hall–Kier alpha value is -0.730. The molecule has 0 amide bonds. The molecule has 0 aromatic rings. The third-order valence-electron chi connectivity index (χ3n) is 3.90. The van der Waals surface area contributed by atoms with Gasteiger partial charge in [-0.15, -0.1) is 0 Å². The molecule has 3 nitrogen and oxygen atoms in total. The average molecular weight is 209 g/mol. The number of aliphatic imine (C=N–C) groups is 1. The van der Waals surface area contributed by atoms with Gasteiger partial charge in [-0.05, 0) is 31.1 Å². The third kappa shape index (κ3) is 2.11. The van der Waals surface area contributed by atoms with E-state index in [9.17, 15) is 0 Å². The maximum atomic E-state index is 4.36. The lowest BCUT2D eigenvalue weighted by Gasteiger charge is -2.38. The molecule has 1 saturated heterocycles. The van der Waals surface area contributed by atoms with Crippen LogP contribution in [0.25, 0.3) is 0 Å². The lowest BCUT2D eigenvalue weighted by molar-refractivity contribution is 0.151. The van der Waals surface area contributed by atoms with Crippen LogP contribution in [0.5, 0.6) is 0 Å². The molecule has 0 atom stereocenters. The molecule has 0 unspecified atom stereocenters. The first-order valence-corrected chi connectivity index (χ1v) is 6.25. The minimum Gasteiger partial charge on any atom is -0.356 e. The summed E-state index contributed by atoms with van der Waals surface area (Å²) in [6.07, 6.45) is 6.86. The molecule has 1 aliphatic heterocycles. The van der Waals surface area contributed by atoms with Crippen molar-refractivity contribution >= 4 is 5.96 Å². The molecule has 0 aromatic carbocycles. The van der Waals surface area contributed by atoms with Gasteiger partial charge in [0.05, 0.1) is 0 Å². The van der Waals surface area contributed by atoms with Crippen molar-refractivity contribution < 1.29 is 0 Å². The smallest absolute Gasteiger partial charge is 0.193 e. The van der Waals surface area contributed by atoms with Gasteiger partial charge in [-0.3, -0.25) is 4.99 Å². The number of rotatable bonds is 2. The first-order chi connectivity index (χ1) is 7.29. The highest BCUT2D eigenvalue weighted by atomic mass is 15.3. The Morgan fingerprint density at radius 1 is 1.40 bits per heavy atom. The zero-order valence-electron chi connectivity index (χ0n) is 10.1. The summed E-state index contributed by atoms with van der Waals surface area (Å²) in [4.78, 5) is 6.80. The third-order valence-corrected chi connectivity index (χ3v) is 3.90. The quantitative estimate of drug-likeness (QED) is 0.555. The van der Waals surface area contributed by atoms with Gasteiger partial charge in [-0.1, -0.05) is 13.3 Å². The van der Waals surface area contributed by atoms with Crippen LogP contribution in [0.4, 0.5) is 0 Å². The first-order valence-electron chi connectivity index (χ1n) is 6.25. The van der Waals surface area contributed by atoms with Crippen molar-refractivity contribution in [3.63, 3.8) is 0 Å². The highest BCUT2D eigenvalue weighted by Gasteiger charge is 2.43. The van der Waals surface area contributed by atoms with Crippen molar-refractivity contribution in [2.24, 2.45) is 10.4 Å². The van der Waals surface area contributed by atoms with Crippen LogP contribution in [-0.2, 0) is 0 Å². The van der Waals surface area contributed by atoms with Crippen LogP contribution in [0.1, 0.15) is 39.0 Å². The SMILES string of the molecule is CCCNC(=NC)N1CCC2(CCC2)C1. The van der Waals surface area contributed by atoms with Gasteiger partial charge in [0, 0.05) is 26.7 Å². The van der Waals surface area contributed by atoms with Crippen LogP contribution >= 0.6 is 0 Å². The largest absolute Gasteiger partial charge is 0.356 e. The van der Waals surface area contributed by atoms with E-state index in [2.05, 4.69) is 22.1 Å². The predicted molar refractivity (Wildman–Crippen MR) is 64.1 cm³/mol. The number of nitrogens with one attached hydrogen (secondary N) is 1. The maximum absolute atomic E-state index is 4.36. The van der Waals surface area contributed by atoms with Gasteiger partial charge in [-0.2, -0.15) is 0 Å². The number of hydrogen-bond acceptors (Lipinski definition) is 1. The van der Waals surface area contributed by atoms with E-state index in [1.807, 2.05) is 7.05 Å². The van der Waals surface area contributed by atoms with E-state index in [4.69, 9.17) is 0 Å². The fraction of sp³-hybridized carbons (Fsp3) is 0.917. The molecule has 0 radical (unpaired) electrons. The molecule has 2 aliphatic rings. The number of nitrogens with zero attached hydrogens (tertiary/aromatic N) is 2. The summed E-state index contributed by atoms with van der Waals surface area (Å²) in [5, 5.41) is 3.42. The Labute approximate surface area is 92.9 Å². The molecule has 1 spiro atoms. The van der Waals surface area contributed by atoms with Crippen molar-refractivity contribution in [1.82, 2.24) is 10.2 Å². The van der Waals surface area contributed by atoms with E-state index in [-0.39, 0.29) is 0 Å². The van der Waals surface area contributed by atoms with Crippen molar-refractivity contribution in [2.45, 2.75) is 39.0 Å². The maximum Gasteiger partial charge on any atom is 0.193 e. The first kappa shape index (κ1) is 10.8. The topological polar surface area (TPSA) is 27.6 Å². The second-order valence-electron chi connectivity index (χ2n) is 5.00. The van der Waals surface area contributed by atoms with Crippen LogP contribution in [0, 0.1) is 5.41 Å². The van der Waals surface area contributed by atoms with Crippen LogP contribution in [-0.4, -0.2) is 37.5 Å². The summed E-state index contributed by atoms with van der Waals surface area (Å²) in [5.74, 6) is 1.11. The Morgan fingerprint density at radius 3 is 2.67 bits per heavy atom. The molecule has 1 heterocycles. The van der Waals surface area contributed by atoms with E-state index < -0.39 is 0 Å². The minimum atomic E-state index is 0.670. The summed E-state index contributed by atoms with van der Waals surface area (Å²) < 4.78 is 0. The van der Waals surface area contributed by atoms with E-state index in [0.29, 0.717) is 5.41 Å². The van der Waals surface area contributed by atoms with E-state index in [0.717, 1.165) is 18.9 Å². The predicted octanol–water partition coefficient (Wildman–Crippen LogP) is 1.85. The lowest BCUT2D eigenvalue weighted by Crippen LogP contribution is -2.42. The Balaban J connectivity index is 1.88. The number of likely N-dealkylation sites (tertiary alicyclic amines) is 1. The fourth-order valence-corrected chi connectivity index (χ4v) is 2.77. The van der Waals surface area contributed by atoms with Gasteiger partial charge in [-0.25, -0.2) is 0 Å². The molecule has 0 bridgehead atoms. The van der Waals surface area contributed by atoms with Crippen molar-refractivity contribution in [3.05, 3.63) is 0 Å². The van der Waals surface area contributed by atoms with Crippen LogP contribution in [0.15, 0.2) is 4.99 Å². The highest BCUT2D eigenvalue weighted by Crippen LogP contribution is 2.47. The van der Waals surface area contributed by atoms with Crippen molar-refractivity contribution in [1.29, 1.82) is 0 Å². The van der Waals surface area contributed by atoms with E-state index in [1.54, 1.807) is 0 Å². The highest BCUT2D eigenvalue weighted by molar-refractivity contribution is 5.80. The summed E-state index contributed by atoms with van der Waals surface area (Å²) in [5.41, 5.74) is 0.670. The monoisotopic (exact) mass is 209 g/mol. The van der Waals surface area contributed by atoms with Gasteiger partial charge in [0.1, 0.15) is 0 Å². The molecule has 2 fully saturated rings. The molecular formula is C12H23N3. The number of guanidine groups is 1. The van der Waals surface area contributed by atoms with Crippen LogP contribution < -0.4 is 5.32 Å². The van der Waals surface area contributed by atoms with Gasteiger partial charge >= 0.3 is 0 Å². The molecule has 3 heteroatoms. The average Bonchev–Trinajstić information content (AvgIpc) is 2.64. The van der Waals surface area contributed by atoms with Crippen molar-refractivity contribution in [3.8, 4) is 0 Å². The Morgan fingerprint density at radius 2 is 2.20 bits per heavy atom. The zero-order valence-corrected chi connectivity index (χ0v) is 10.1. The van der Waals surface area contributed by atoms with Gasteiger partial charge in [0.25, 0.3) is 0 Å². The van der Waals surface area contributed by atoms with Crippen LogP contribution in [0.3, 0.4) is 0 Å². The second kappa shape index (κ2) is 4.42. The second-order valence-corrected chi connectivity index (χ2v) is 5.00. The molecule has 2 rings (SSSR count). The molecular weight excluding hydrogens is 186 g/mol.